The molecule has 2 N–H and O–H groups in total. The molecule has 134 valence electrons. The number of hydrogen-bond donors (Lipinski definition) is 2. The molecule has 0 aliphatic heterocycles. The molecule has 2 rings (SSSR count). The smallest absolute Gasteiger partial charge is 0.243 e. The molecule has 1 aromatic carbocycles. The van der Waals surface area contributed by atoms with E-state index in [0.717, 1.165) is 26.4 Å². The van der Waals surface area contributed by atoms with Crippen LogP contribution >= 0.6 is 27.3 Å². The summed E-state index contributed by atoms with van der Waals surface area (Å²) in [6.07, 6.45) is 0. The molecule has 0 aliphatic carbocycles. The van der Waals surface area contributed by atoms with Gasteiger partial charge in [0.15, 0.2) is 5.96 Å². The number of anilines is 1. The number of aromatic nitrogens is 1. The second kappa shape index (κ2) is 8.96. The normalized spacial score (nSPS) is 11.3. The zero-order chi connectivity index (χ0) is 18.4. The Morgan fingerprint density at radius 2 is 2.16 bits per heavy atom. The van der Waals surface area contributed by atoms with Gasteiger partial charge in [-0.1, -0.05) is 22.0 Å². The number of benzene rings is 1. The third-order valence-corrected chi connectivity index (χ3v) is 4.84. The highest BCUT2D eigenvalue weighted by Gasteiger charge is 2.11. The van der Waals surface area contributed by atoms with Crippen molar-refractivity contribution in [2.45, 2.75) is 20.4 Å². The highest BCUT2D eigenvalue weighted by molar-refractivity contribution is 9.10. The fraction of sp³-hybridized carbons (Fsp3) is 0.353. The van der Waals surface area contributed by atoms with Gasteiger partial charge in [0.25, 0.3) is 0 Å². The number of amides is 1. The van der Waals surface area contributed by atoms with E-state index in [4.69, 9.17) is 0 Å². The number of nitrogens with zero attached hydrogens (tertiary/aromatic N) is 3. The zero-order valence-corrected chi connectivity index (χ0v) is 17.2. The lowest BCUT2D eigenvalue weighted by Gasteiger charge is -2.21. The van der Waals surface area contributed by atoms with Crippen LogP contribution in [0.2, 0.25) is 0 Å². The maximum absolute atomic E-state index is 12.2. The summed E-state index contributed by atoms with van der Waals surface area (Å²) in [5.74, 6) is 0.520. The molecule has 0 unspecified atom stereocenters. The van der Waals surface area contributed by atoms with Crippen LogP contribution in [0.25, 0.3) is 0 Å². The second-order valence-corrected chi connectivity index (χ2v) is 7.60. The van der Waals surface area contributed by atoms with Crippen LogP contribution in [-0.2, 0) is 11.3 Å². The summed E-state index contributed by atoms with van der Waals surface area (Å²) >= 11 is 5.04. The van der Waals surface area contributed by atoms with Crippen LogP contribution in [-0.4, -0.2) is 42.4 Å². The van der Waals surface area contributed by atoms with Gasteiger partial charge in [-0.15, -0.1) is 11.3 Å². The standard InChI is InChI=1S/C17H22BrN5OS/c1-11-5-6-13(18)7-15(11)22-16(24)8-20-17(19-3)23(4)9-14-10-25-12(2)21-14/h5-7,10H,8-9H2,1-4H3,(H,19,20)(H,22,24). The summed E-state index contributed by atoms with van der Waals surface area (Å²) in [5, 5.41) is 9.05. The molecule has 1 aromatic heterocycles. The van der Waals surface area contributed by atoms with Crippen LogP contribution in [0.1, 0.15) is 16.3 Å². The van der Waals surface area contributed by atoms with Crippen molar-refractivity contribution in [3.05, 3.63) is 44.3 Å². The minimum atomic E-state index is -0.125. The van der Waals surface area contributed by atoms with Crippen molar-refractivity contribution in [3.63, 3.8) is 0 Å². The Hall–Kier alpha value is -1.93. The summed E-state index contributed by atoms with van der Waals surface area (Å²) in [4.78, 5) is 22.8. The van der Waals surface area contributed by atoms with Crippen LogP contribution in [0.4, 0.5) is 5.69 Å². The van der Waals surface area contributed by atoms with Gasteiger partial charge < -0.3 is 15.5 Å². The third kappa shape index (κ3) is 5.82. The van der Waals surface area contributed by atoms with Crippen molar-refractivity contribution in [2.75, 3.05) is 26.0 Å². The number of aryl methyl sites for hydroxylation is 2. The molecule has 0 atom stereocenters. The van der Waals surface area contributed by atoms with E-state index < -0.39 is 0 Å². The largest absolute Gasteiger partial charge is 0.347 e. The number of halogens is 1. The van der Waals surface area contributed by atoms with Crippen molar-refractivity contribution in [2.24, 2.45) is 4.99 Å². The Bertz CT molecular complexity index is 774. The fourth-order valence-electron chi connectivity index (χ4n) is 2.27. The van der Waals surface area contributed by atoms with E-state index in [1.165, 1.54) is 0 Å². The first-order chi connectivity index (χ1) is 11.9. The number of rotatable bonds is 5. The van der Waals surface area contributed by atoms with E-state index in [-0.39, 0.29) is 12.5 Å². The van der Waals surface area contributed by atoms with E-state index in [2.05, 4.69) is 36.5 Å². The quantitative estimate of drug-likeness (QED) is 0.572. The first-order valence-corrected chi connectivity index (χ1v) is 9.45. The Morgan fingerprint density at radius 3 is 2.80 bits per heavy atom. The molecule has 0 bridgehead atoms. The van der Waals surface area contributed by atoms with Crippen molar-refractivity contribution in [3.8, 4) is 0 Å². The van der Waals surface area contributed by atoms with Gasteiger partial charge in [-0.2, -0.15) is 0 Å². The summed E-state index contributed by atoms with van der Waals surface area (Å²) < 4.78 is 0.926. The maximum atomic E-state index is 12.2. The number of carbonyl (C=O) groups excluding carboxylic acids is 1. The molecular formula is C17H22BrN5OS. The van der Waals surface area contributed by atoms with Gasteiger partial charge in [-0.25, -0.2) is 4.98 Å². The number of guanidine groups is 1. The fourth-order valence-corrected chi connectivity index (χ4v) is 3.23. The van der Waals surface area contributed by atoms with E-state index in [9.17, 15) is 4.79 Å². The first kappa shape index (κ1) is 19.4. The lowest BCUT2D eigenvalue weighted by Crippen LogP contribution is -2.42. The molecule has 0 saturated carbocycles. The first-order valence-electron chi connectivity index (χ1n) is 7.78. The zero-order valence-electron chi connectivity index (χ0n) is 14.8. The predicted octanol–water partition coefficient (Wildman–Crippen LogP) is 3.17. The van der Waals surface area contributed by atoms with E-state index in [1.807, 2.05) is 49.4 Å². The van der Waals surface area contributed by atoms with E-state index in [1.54, 1.807) is 18.4 Å². The molecule has 0 aliphatic rings. The summed E-state index contributed by atoms with van der Waals surface area (Å²) in [6.45, 7) is 4.71. The van der Waals surface area contributed by atoms with Gasteiger partial charge in [0.1, 0.15) is 0 Å². The minimum Gasteiger partial charge on any atom is -0.347 e. The molecule has 2 aromatic rings. The van der Waals surface area contributed by atoms with Gasteiger partial charge in [0, 0.05) is 29.6 Å². The van der Waals surface area contributed by atoms with Crippen molar-refractivity contribution >= 4 is 44.8 Å². The highest BCUT2D eigenvalue weighted by Crippen LogP contribution is 2.20. The Morgan fingerprint density at radius 1 is 1.40 bits per heavy atom. The lowest BCUT2D eigenvalue weighted by molar-refractivity contribution is -0.115. The maximum Gasteiger partial charge on any atom is 0.243 e. The second-order valence-electron chi connectivity index (χ2n) is 5.62. The minimum absolute atomic E-state index is 0.125. The lowest BCUT2D eigenvalue weighted by atomic mass is 10.2. The summed E-state index contributed by atoms with van der Waals surface area (Å²) in [6, 6.07) is 5.79. The molecule has 6 nitrogen and oxygen atoms in total. The summed E-state index contributed by atoms with van der Waals surface area (Å²) in [7, 11) is 3.61. The number of carbonyl (C=O) groups is 1. The third-order valence-electron chi connectivity index (χ3n) is 3.52. The van der Waals surface area contributed by atoms with Crippen LogP contribution in [0.3, 0.4) is 0 Å². The number of hydrogen-bond acceptors (Lipinski definition) is 4. The van der Waals surface area contributed by atoms with Crippen molar-refractivity contribution in [1.82, 2.24) is 15.2 Å². The molecule has 0 saturated heterocycles. The number of nitrogens with one attached hydrogen (secondary N) is 2. The monoisotopic (exact) mass is 423 g/mol. The van der Waals surface area contributed by atoms with Gasteiger partial charge in [0.2, 0.25) is 5.91 Å². The highest BCUT2D eigenvalue weighted by atomic mass is 79.9. The van der Waals surface area contributed by atoms with Gasteiger partial charge >= 0.3 is 0 Å². The Balaban J connectivity index is 1.89. The molecular weight excluding hydrogens is 402 g/mol. The van der Waals surface area contributed by atoms with E-state index in [0.29, 0.717) is 12.5 Å². The van der Waals surface area contributed by atoms with Crippen LogP contribution in [0.15, 0.2) is 33.0 Å². The SMILES string of the molecule is CN=C(NCC(=O)Nc1cc(Br)ccc1C)N(C)Cc1csc(C)n1. The predicted molar refractivity (Wildman–Crippen MR) is 107 cm³/mol. The van der Waals surface area contributed by atoms with Crippen molar-refractivity contribution in [1.29, 1.82) is 0 Å². The molecule has 0 fully saturated rings. The Labute approximate surface area is 160 Å². The van der Waals surface area contributed by atoms with Crippen LogP contribution in [0.5, 0.6) is 0 Å². The molecule has 0 spiro atoms. The number of aliphatic imine (C=N–C) groups is 1. The number of thiazole rings is 1. The van der Waals surface area contributed by atoms with Gasteiger partial charge in [-0.05, 0) is 31.5 Å². The van der Waals surface area contributed by atoms with Crippen LogP contribution in [0, 0.1) is 13.8 Å². The van der Waals surface area contributed by atoms with Gasteiger partial charge in [-0.3, -0.25) is 9.79 Å². The average Bonchev–Trinajstić information content (AvgIpc) is 2.96. The molecule has 1 heterocycles. The molecule has 0 radical (unpaired) electrons. The Kier molecular flexibility index (Phi) is 6.95. The van der Waals surface area contributed by atoms with Gasteiger partial charge in [0.05, 0.1) is 23.8 Å². The van der Waals surface area contributed by atoms with Crippen LogP contribution < -0.4 is 10.6 Å². The molecule has 8 heteroatoms. The van der Waals surface area contributed by atoms with E-state index >= 15 is 0 Å². The summed E-state index contributed by atoms with van der Waals surface area (Å²) in [5.41, 5.74) is 2.79. The molecule has 25 heavy (non-hydrogen) atoms. The topological polar surface area (TPSA) is 69.6 Å². The molecule has 1 amide bonds. The van der Waals surface area contributed by atoms with Crippen molar-refractivity contribution < 1.29 is 4.79 Å². The average molecular weight is 424 g/mol.